The van der Waals surface area contributed by atoms with Crippen molar-refractivity contribution in [3.8, 4) is 11.8 Å². The number of carbonyl (C=O) groups is 2. The minimum atomic E-state index is -1.01. The number of aromatic nitrogens is 2. The van der Waals surface area contributed by atoms with E-state index in [4.69, 9.17) is 15.2 Å². The van der Waals surface area contributed by atoms with Gasteiger partial charge in [0.1, 0.15) is 23.2 Å². The normalized spacial score (nSPS) is 15.4. The first-order valence-corrected chi connectivity index (χ1v) is 11.4. The Morgan fingerprint density at radius 1 is 1.14 bits per heavy atom. The highest BCUT2D eigenvalue weighted by atomic mass is 19.1. The van der Waals surface area contributed by atoms with Gasteiger partial charge in [-0.15, -0.1) is 0 Å². The summed E-state index contributed by atoms with van der Waals surface area (Å²) in [4.78, 5) is 31.6. The lowest BCUT2D eigenvalue weighted by molar-refractivity contribution is -0.139. The molecule has 0 amide bonds. The number of carbonyl (C=O) groups excluding carboxylic acids is 2. The number of allylic oxidation sites excluding steroid dienone is 1. The fraction of sp³-hybridized carbons (Fsp3) is 0.185. The molecule has 2 aromatic carbocycles. The van der Waals surface area contributed by atoms with Gasteiger partial charge >= 0.3 is 11.9 Å². The van der Waals surface area contributed by atoms with Crippen molar-refractivity contribution in [2.75, 3.05) is 19.1 Å². The topological polar surface area (TPSA) is 123 Å². The molecule has 1 aliphatic heterocycles. The first-order valence-electron chi connectivity index (χ1n) is 11.4. The van der Waals surface area contributed by atoms with E-state index in [2.05, 4.69) is 11.1 Å². The molecule has 37 heavy (non-hydrogen) atoms. The molecule has 3 aromatic rings. The molecule has 1 unspecified atom stereocenters. The minimum Gasteiger partial charge on any atom is -0.466 e. The SMILES string of the molecule is CCc1nccn1-c1ccc(N2C(N)=C(C#N)C(c3ccccc3)C(C(=O)OC)=C2C(=O)OC)cc1F. The molecule has 0 saturated heterocycles. The predicted molar refractivity (Wildman–Crippen MR) is 132 cm³/mol. The zero-order valence-electron chi connectivity index (χ0n) is 20.4. The average Bonchev–Trinajstić information content (AvgIpc) is 3.40. The van der Waals surface area contributed by atoms with E-state index < -0.39 is 23.7 Å². The Hall–Kier alpha value is -4.91. The van der Waals surface area contributed by atoms with E-state index in [0.29, 0.717) is 17.8 Å². The second kappa shape index (κ2) is 10.4. The van der Waals surface area contributed by atoms with Crippen molar-refractivity contribution in [2.45, 2.75) is 19.3 Å². The summed E-state index contributed by atoms with van der Waals surface area (Å²) in [6.07, 6.45) is 3.79. The molecule has 10 heteroatoms. The highest BCUT2D eigenvalue weighted by molar-refractivity contribution is 6.06. The maximum Gasteiger partial charge on any atom is 0.355 e. The molecular weight excluding hydrogens is 477 g/mol. The highest BCUT2D eigenvalue weighted by Gasteiger charge is 2.43. The van der Waals surface area contributed by atoms with Crippen LogP contribution in [0.3, 0.4) is 0 Å². The molecule has 1 atom stereocenters. The molecule has 0 bridgehead atoms. The van der Waals surface area contributed by atoms with Crippen molar-refractivity contribution < 1.29 is 23.5 Å². The third-order valence-corrected chi connectivity index (χ3v) is 6.09. The Balaban J connectivity index is 1.98. The van der Waals surface area contributed by atoms with Gasteiger partial charge in [-0.3, -0.25) is 4.90 Å². The van der Waals surface area contributed by atoms with E-state index in [-0.39, 0.29) is 34.0 Å². The second-order valence-electron chi connectivity index (χ2n) is 8.04. The number of halogens is 1. The van der Waals surface area contributed by atoms with Crippen molar-refractivity contribution in [3.05, 3.63) is 101 Å². The fourth-order valence-electron chi connectivity index (χ4n) is 4.43. The Bertz CT molecular complexity index is 1470. The lowest BCUT2D eigenvalue weighted by Crippen LogP contribution is -2.40. The van der Waals surface area contributed by atoms with Gasteiger partial charge in [0.25, 0.3) is 0 Å². The summed E-state index contributed by atoms with van der Waals surface area (Å²) in [6, 6.07) is 14.9. The Kier molecular flexibility index (Phi) is 7.06. The lowest BCUT2D eigenvalue weighted by Gasteiger charge is -2.36. The number of benzene rings is 2. The van der Waals surface area contributed by atoms with Crippen LogP contribution in [0.2, 0.25) is 0 Å². The van der Waals surface area contributed by atoms with Gasteiger partial charge in [0.2, 0.25) is 0 Å². The van der Waals surface area contributed by atoms with E-state index in [0.717, 1.165) is 25.2 Å². The van der Waals surface area contributed by atoms with Crippen LogP contribution in [0.15, 0.2) is 83.6 Å². The first-order chi connectivity index (χ1) is 17.9. The van der Waals surface area contributed by atoms with Crippen LogP contribution >= 0.6 is 0 Å². The van der Waals surface area contributed by atoms with Crippen LogP contribution in [0, 0.1) is 17.1 Å². The molecule has 0 spiro atoms. The molecule has 4 rings (SSSR count). The predicted octanol–water partition coefficient (Wildman–Crippen LogP) is 3.47. The maximum absolute atomic E-state index is 15.4. The van der Waals surface area contributed by atoms with Crippen LogP contribution in [0.4, 0.5) is 10.1 Å². The molecule has 188 valence electrons. The van der Waals surface area contributed by atoms with Gasteiger partial charge in [-0.1, -0.05) is 37.3 Å². The fourth-order valence-corrected chi connectivity index (χ4v) is 4.43. The molecule has 9 nitrogen and oxygen atoms in total. The Labute approximate surface area is 212 Å². The van der Waals surface area contributed by atoms with Crippen molar-refractivity contribution in [1.29, 1.82) is 5.26 Å². The number of nitrogens with two attached hydrogens (primary N) is 1. The zero-order valence-corrected chi connectivity index (χ0v) is 20.4. The summed E-state index contributed by atoms with van der Waals surface area (Å²) in [6.45, 7) is 1.90. The molecule has 2 N–H and O–H groups in total. The smallest absolute Gasteiger partial charge is 0.355 e. The van der Waals surface area contributed by atoms with Gasteiger partial charge in [-0.25, -0.2) is 19.0 Å². The lowest BCUT2D eigenvalue weighted by atomic mass is 9.81. The summed E-state index contributed by atoms with van der Waals surface area (Å²) >= 11 is 0. The zero-order chi connectivity index (χ0) is 26.7. The van der Waals surface area contributed by atoms with Crippen LogP contribution in [0.5, 0.6) is 0 Å². The number of nitrogens with zero attached hydrogens (tertiary/aromatic N) is 4. The molecule has 0 fully saturated rings. The summed E-state index contributed by atoms with van der Waals surface area (Å²) in [5, 5.41) is 10.1. The van der Waals surface area contributed by atoms with Gasteiger partial charge < -0.3 is 19.8 Å². The van der Waals surface area contributed by atoms with Crippen molar-refractivity contribution in [1.82, 2.24) is 9.55 Å². The summed E-state index contributed by atoms with van der Waals surface area (Å²) < 4.78 is 27.1. The molecular formula is C27H24FN5O4. The van der Waals surface area contributed by atoms with E-state index in [1.807, 2.05) is 6.92 Å². The minimum absolute atomic E-state index is 0.00776. The van der Waals surface area contributed by atoms with Gasteiger partial charge in [0.15, 0.2) is 0 Å². The second-order valence-corrected chi connectivity index (χ2v) is 8.04. The van der Waals surface area contributed by atoms with Crippen LogP contribution < -0.4 is 10.6 Å². The van der Waals surface area contributed by atoms with Crippen LogP contribution in [-0.2, 0) is 25.5 Å². The van der Waals surface area contributed by atoms with Gasteiger partial charge in [0, 0.05) is 24.9 Å². The maximum atomic E-state index is 15.4. The van der Waals surface area contributed by atoms with Gasteiger partial charge in [-0.2, -0.15) is 5.26 Å². The summed E-state index contributed by atoms with van der Waals surface area (Å²) in [7, 11) is 2.31. The molecule has 0 aliphatic carbocycles. The first kappa shape index (κ1) is 25.2. The average molecular weight is 502 g/mol. The number of aryl methyl sites for hydroxylation is 1. The Morgan fingerprint density at radius 2 is 1.84 bits per heavy atom. The number of ether oxygens (including phenoxy) is 2. The largest absolute Gasteiger partial charge is 0.466 e. The number of anilines is 1. The van der Waals surface area contributed by atoms with Gasteiger partial charge in [0.05, 0.1) is 48.7 Å². The molecule has 2 heterocycles. The van der Waals surface area contributed by atoms with E-state index >= 15 is 4.39 Å². The number of hydrogen-bond acceptors (Lipinski definition) is 8. The van der Waals surface area contributed by atoms with Gasteiger partial charge in [-0.05, 0) is 17.7 Å². The van der Waals surface area contributed by atoms with Crippen LogP contribution in [-0.4, -0.2) is 35.7 Å². The number of methoxy groups -OCH3 is 2. The molecule has 1 aromatic heterocycles. The Morgan fingerprint density at radius 3 is 2.43 bits per heavy atom. The van der Waals surface area contributed by atoms with Crippen LogP contribution in [0.25, 0.3) is 5.69 Å². The van der Waals surface area contributed by atoms with E-state index in [1.165, 1.54) is 12.1 Å². The summed E-state index contributed by atoms with van der Waals surface area (Å²) in [5.74, 6) is -2.90. The third-order valence-electron chi connectivity index (χ3n) is 6.09. The quantitative estimate of drug-likeness (QED) is 0.510. The number of rotatable bonds is 6. The third kappa shape index (κ3) is 4.31. The number of hydrogen-bond donors (Lipinski definition) is 1. The van der Waals surface area contributed by atoms with Crippen LogP contribution in [0.1, 0.15) is 24.2 Å². The van der Waals surface area contributed by atoms with Crippen molar-refractivity contribution in [3.63, 3.8) is 0 Å². The van der Waals surface area contributed by atoms with Crippen molar-refractivity contribution >= 4 is 17.6 Å². The highest BCUT2D eigenvalue weighted by Crippen LogP contribution is 2.43. The number of esters is 2. The molecule has 0 radical (unpaired) electrons. The number of nitriles is 1. The summed E-state index contributed by atoms with van der Waals surface area (Å²) in [5.41, 5.74) is 6.91. The molecule has 1 aliphatic rings. The monoisotopic (exact) mass is 501 g/mol. The standard InChI is InChI=1S/C27H24FN5O4/c1-4-21-31-12-13-32(21)20-11-10-17(14-19(20)28)33-24(27(35)37-3)23(26(34)36-2)22(18(15-29)25(33)30)16-8-6-5-7-9-16/h5-14,22H,4,30H2,1-3H3. The molecule has 0 saturated carbocycles. The number of imidazole rings is 1. The van der Waals surface area contributed by atoms with E-state index in [9.17, 15) is 14.9 Å². The van der Waals surface area contributed by atoms with Crippen molar-refractivity contribution in [2.24, 2.45) is 5.73 Å². The van der Waals surface area contributed by atoms with E-state index in [1.54, 1.807) is 47.3 Å².